The van der Waals surface area contributed by atoms with Crippen LogP contribution in [0.4, 0.5) is 10.1 Å². The monoisotopic (exact) mass is 432 g/mol. The minimum atomic E-state index is -1.65. The van der Waals surface area contributed by atoms with E-state index in [1.165, 1.54) is 25.2 Å². The largest absolute Gasteiger partial charge is 0.392 e. The minimum absolute atomic E-state index is 0.0523. The van der Waals surface area contributed by atoms with Crippen molar-refractivity contribution in [2.75, 3.05) is 11.9 Å². The number of amides is 1. The number of hydrogen-bond donors (Lipinski definition) is 4. The Morgan fingerprint density at radius 3 is 2.70 bits per heavy atom. The third-order valence-corrected chi connectivity index (χ3v) is 5.56. The van der Waals surface area contributed by atoms with Crippen LogP contribution in [0, 0.1) is 0 Å². The zero-order valence-electron chi connectivity index (χ0n) is 17.0. The van der Waals surface area contributed by atoms with E-state index in [4.69, 9.17) is 5.73 Å². The van der Waals surface area contributed by atoms with Gasteiger partial charge in [-0.15, -0.1) is 11.3 Å². The van der Waals surface area contributed by atoms with Crippen molar-refractivity contribution < 1.29 is 19.4 Å². The molecule has 1 amide bonds. The van der Waals surface area contributed by atoms with E-state index in [1.54, 1.807) is 24.7 Å². The lowest BCUT2D eigenvalue weighted by Crippen LogP contribution is -2.35. The Kier molecular flexibility index (Phi) is 6.35. The van der Waals surface area contributed by atoms with Gasteiger partial charge in [0, 0.05) is 24.5 Å². The molecule has 0 bridgehead atoms. The first kappa shape index (κ1) is 22.1. The maximum Gasteiger partial charge on any atom is 0.252 e. The van der Waals surface area contributed by atoms with E-state index < -0.39 is 23.8 Å². The van der Waals surface area contributed by atoms with Crippen molar-refractivity contribution in [3.05, 3.63) is 41.2 Å². The number of aliphatic hydroxyl groups is 2. The summed E-state index contributed by atoms with van der Waals surface area (Å²) in [5.41, 5.74) is 7.80. The highest BCUT2D eigenvalue weighted by Gasteiger charge is 2.30. The number of aliphatic hydroxyl groups excluding tert-OH is 1. The molecule has 5 N–H and O–H groups in total. The summed E-state index contributed by atoms with van der Waals surface area (Å²) in [7, 11) is 0. The molecule has 0 aliphatic carbocycles. The number of hydrogen-bond acceptors (Lipinski definition) is 7. The van der Waals surface area contributed by atoms with E-state index in [9.17, 15) is 19.4 Å². The number of fused-ring (bicyclic) bond motifs is 1. The summed E-state index contributed by atoms with van der Waals surface area (Å²) < 4.78 is 14.6. The number of benzene rings is 1. The van der Waals surface area contributed by atoms with Crippen molar-refractivity contribution in [3.63, 3.8) is 0 Å². The molecule has 0 saturated carbocycles. The van der Waals surface area contributed by atoms with Crippen LogP contribution in [0.15, 0.2) is 29.9 Å². The standard InChI is InChI=1S/C21H25FN4O3S/c1-11(27)8-25-19-13-6-12(16-9-24-10-30-16)4-5-14(13)26-15(18(19)20(23)28)7-17(22)21(2,3)29/h4-6,9-11,17,27,29H,7-8H2,1-3H3,(H2,23,28)(H,25,26)/t11?,17-/m1/s1. The van der Waals surface area contributed by atoms with Gasteiger partial charge in [-0.3, -0.25) is 14.8 Å². The Morgan fingerprint density at radius 2 is 2.13 bits per heavy atom. The predicted molar refractivity (Wildman–Crippen MR) is 116 cm³/mol. The van der Waals surface area contributed by atoms with Crippen LogP contribution in [-0.2, 0) is 6.42 Å². The van der Waals surface area contributed by atoms with Crippen molar-refractivity contribution in [2.45, 2.75) is 45.1 Å². The van der Waals surface area contributed by atoms with Crippen LogP contribution in [-0.4, -0.2) is 50.5 Å². The fourth-order valence-electron chi connectivity index (χ4n) is 3.09. The molecule has 160 valence electrons. The summed E-state index contributed by atoms with van der Waals surface area (Å²) >= 11 is 1.47. The van der Waals surface area contributed by atoms with Gasteiger partial charge in [0.1, 0.15) is 6.17 Å². The Bertz CT molecular complexity index is 1050. The highest BCUT2D eigenvalue weighted by Crippen LogP contribution is 2.34. The van der Waals surface area contributed by atoms with Crippen molar-refractivity contribution in [1.82, 2.24) is 9.97 Å². The van der Waals surface area contributed by atoms with Gasteiger partial charge in [0.25, 0.3) is 5.91 Å². The molecule has 3 rings (SSSR count). The highest BCUT2D eigenvalue weighted by molar-refractivity contribution is 7.13. The number of alkyl halides is 1. The molecule has 2 heterocycles. The number of rotatable bonds is 8. The minimum Gasteiger partial charge on any atom is -0.392 e. The molecule has 1 aromatic carbocycles. The summed E-state index contributed by atoms with van der Waals surface area (Å²) in [5.74, 6) is -0.765. The first-order chi connectivity index (χ1) is 14.1. The molecule has 0 aliphatic rings. The average Bonchev–Trinajstić information content (AvgIpc) is 3.19. The van der Waals surface area contributed by atoms with Crippen LogP contribution < -0.4 is 11.1 Å². The smallest absolute Gasteiger partial charge is 0.252 e. The summed E-state index contributed by atoms with van der Waals surface area (Å²) in [6.45, 7) is 4.48. The second kappa shape index (κ2) is 8.63. The van der Waals surface area contributed by atoms with E-state index >= 15 is 0 Å². The van der Waals surface area contributed by atoms with Gasteiger partial charge in [-0.25, -0.2) is 4.39 Å². The Labute approximate surface area is 177 Å². The van der Waals surface area contributed by atoms with Gasteiger partial charge in [0.15, 0.2) is 0 Å². The normalized spacial score (nSPS) is 13.9. The van der Waals surface area contributed by atoms with Crippen LogP contribution in [0.2, 0.25) is 0 Å². The van der Waals surface area contributed by atoms with Crippen LogP contribution in [0.3, 0.4) is 0 Å². The fraction of sp³-hybridized carbons (Fsp3) is 0.381. The quantitative estimate of drug-likeness (QED) is 0.434. The highest BCUT2D eigenvalue weighted by atomic mass is 32.1. The molecule has 2 aromatic heterocycles. The van der Waals surface area contributed by atoms with E-state index in [2.05, 4.69) is 15.3 Å². The zero-order chi connectivity index (χ0) is 22.1. The van der Waals surface area contributed by atoms with E-state index in [-0.39, 0.29) is 24.2 Å². The number of halogens is 1. The number of thiazole rings is 1. The molecular weight excluding hydrogens is 407 g/mol. The van der Waals surface area contributed by atoms with Crippen molar-refractivity contribution in [3.8, 4) is 10.4 Å². The van der Waals surface area contributed by atoms with Gasteiger partial charge in [0.05, 0.1) is 44.6 Å². The van der Waals surface area contributed by atoms with Gasteiger partial charge in [0.2, 0.25) is 0 Å². The number of pyridine rings is 1. The number of nitrogens with one attached hydrogen (secondary N) is 1. The molecule has 0 spiro atoms. The number of primary amides is 1. The molecule has 0 radical (unpaired) electrons. The van der Waals surface area contributed by atoms with Crippen LogP contribution in [0.1, 0.15) is 36.8 Å². The number of nitrogens with zero attached hydrogens (tertiary/aromatic N) is 2. The molecule has 0 aliphatic heterocycles. The molecule has 7 nitrogen and oxygen atoms in total. The van der Waals surface area contributed by atoms with Gasteiger partial charge in [-0.1, -0.05) is 6.07 Å². The lowest BCUT2D eigenvalue weighted by molar-refractivity contribution is -0.00304. The third-order valence-electron chi connectivity index (χ3n) is 4.74. The van der Waals surface area contributed by atoms with Crippen molar-refractivity contribution >= 4 is 33.8 Å². The maximum atomic E-state index is 14.6. The fourth-order valence-corrected chi connectivity index (χ4v) is 3.71. The average molecular weight is 433 g/mol. The SMILES string of the molecule is CC(O)CNc1c(C(N)=O)c(C[C@@H](F)C(C)(C)O)nc2ccc(-c3cncs3)cc12. The number of anilines is 1. The van der Waals surface area contributed by atoms with Crippen LogP contribution in [0.25, 0.3) is 21.3 Å². The molecular formula is C21H25FN4O3S. The summed E-state index contributed by atoms with van der Waals surface area (Å²) in [6.07, 6.45) is -0.880. The van der Waals surface area contributed by atoms with Crippen molar-refractivity contribution in [1.29, 1.82) is 0 Å². The molecule has 0 saturated heterocycles. The van der Waals surface area contributed by atoms with Gasteiger partial charge < -0.3 is 21.3 Å². The van der Waals surface area contributed by atoms with E-state index in [0.717, 1.165) is 10.4 Å². The predicted octanol–water partition coefficient (Wildman–Crippen LogP) is 2.90. The Hall–Kier alpha value is -2.62. The zero-order valence-corrected chi connectivity index (χ0v) is 17.8. The number of carbonyl (C=O) groups excluding carboxylic acids is 1. The van der Waals surface area contributed by atoms with Gasteiger partial charge in [-0.2, -0.15) is 0 Å². The molecule has 1 unspecified atom stereocenters. The van der Waals surface area contributed by atoms with Crippen LogP contribution in [0.5, 0.6) is 0 Å². The third kappa shape index (κ3) is 4.75. The molecule has 3 aromatic rings. The Balaban J connectivity index is 2.23. The van der Waals surface area contributed by atoms with Crippen LogP contribution >= 0.6 is 11.3 Å². The molecule has 2 atom stereocenters. The molecule has 0 fully saturated rings. The topological polar surface area (TPSA) is 121 Å². The van der Waals surface area contributed by atoms with E-state index in [1.807, 2.05) is 12.1 Å². The number of aromatic nitrogens is 2. The first-order valence-corrected chi connectivity index (χ1v) is 10.4. The lowest BCUT2D eigenvalue weighted by atomic mass is 9.94. The summed E-state index contributed by atoms with van der Waals surface area (Å²) in [6, 6.07) is 5.51. The Morgan fingerprint density at radius 1 is 1.40 bits per heavy atom. The maximum absolute atomic E-state index is 14.6. The number of nitrogens with two attached hydrogens (primary N) is 1. The first-order valence-electron chi connectivity index (χ1n) is 9.51. The lowest BCUT2D eigenvalue weighted by Gasteiger charge is -2.24. The second-order valence-corrected chi connectivity index (χ2v) is 8.71. The molecule has 30 heavy (non-hydrogen) atoms. The van der Waals surface area contributed by atoms with Crippen molar-refractivity contribution in [2.24, 2.45) is 5.73 Å². The van der Waals surface area contributed by atoms with Gasteiger partial charge >= 0.3 is 0 Å². The van der Waals surface area contributed by atoms with Gasteiger partial charge in [-0.05, 0) is 38.5 Å². The summed E-state index contributed by atoms with van der Waals surface area (Å²) in [4.78, 5) is 21.9. The second-order valence-electron chi connectivity index (χ2n) is 7.83. The molecule has 9 heteroatoms. The van der Waals surface area contributed by atoms with E-state index in [0.29, 0.717) is 16.6 Å². The summed E-state index contributed by atoms with van der Waals surface area (Å²) in [5, 5.41) is 23.4. The number of carbonyl (C=O) groups is 1.